The Balaban J connectivity index is 0.000000209. The van der Waals surface area contributed by atoms with Crippen LogP contribution in [0.5, 0.6) is 11.5 Å². The van der Waals surface area contributed by atoms with Gasteiger partial charge in [0.15, 0.2) is 11.6 Å². The van der Waals surface area contributed by atoms with E-state index in [2.05, 4.69) is 35.2 Å². The Bertz CT molecular complexity index is 766. The van der Waals surface area contributed by atoms with Gasteiger partial charge in [0, 0.05) is 17.4 Å². The number of pyridine rings is 1. The monoisotopic (exact) mass is 418 g/mol. The van der Waals surface area contributed by atoms with Crippen molar-refractivity contribution >= 4 is 11.9 Å². The van der Waals surface area contributed by atoms with E-state index in [-0.39, 0.29) is 4.75 Å². The van der Waals surface area contributed by atoms with E-state index in [1.807, 2.05) is 18.3 Å². The molecule has 1 N–H and O–H groups in total. The van der Waals surface area contributed by atoms with Gasteiger partial charge in [-0.3, -0.25) is 9.71 Å². The number of halogens is 4. The molecule has 1 aliphatic heterocycles. The number of hydrogen-bond acceptors (Lipinski definition) is 5. The smallest absolute Gasteiger partial charge is 0.492 e. The molecule has 0 amide bonds. The maximum absolute atomic E-state index is 12.5. The molecular formula is C19H22F4N2O2S. The molecule has 1 aliphatic rings. The van der Waals surface area contributed by atoms with Crippen LogP contribution >= 0.6 is 11.9 Å². The lowest BCUT2D eigenvalue weighted by Gasteiger charge is -2.28. The maximum atomic E-state index is 12.5. The summed E-state index contributed by atoms with van der Waals surface area (Å²) in [4.78, 5) is 4.40. The molecule has 0 bridgehead atoms. The summed E-state index contributed by atoms with van der Waals surface area (Å²) in [6, 6.07) is 8.53. The van der Waals surface area contributed by atoms with Crippen molar-refractivity contribution in [2.24, 2.45) is 0 Å². The Morgan fingerprint density at radius 3 is 2.50 bits per heavy atom. The summed E-state index contributed by atoms with van der Waals surface area (Å²) in [5.74, 6) is -0.930. The first-order valence-corrected chi connectivity index (χ1v) is 9.38. The van der Waals surface area contributed by atoms with Gasteiger partial charge in [0.2, 0.25) is 0 Å². The fourth-order valence-corrected chi connectivity index (χ4v) is 2.95. The predicted octanol–water partition coefficient (Wildman–Crippen LogP) is 5.67. The van der Waals surface area contributed by atoms with Gasteiger partial charge in [-0.15, -0.1) is 13.2 Å². The quantitative estimate of drug-likeness (QED) is 0.514. The van der Waals surface area contributed by atoms with Crippen LogP contribution in [0.1, 0.15) is 38.9 Å². The highest BCUT2D eigenvalue weighted by atomic mass is 32.2. The Morgan fingerprint density at radius 1 is 1.14 bits per heavy atom. The van der Waals surface area contributed by atoms with Gasteiger partial charge in [-0.2, -0.15) is 0 Å². The van der Waals surface area contributed by atoms with Crippen molar-refractivity contribution in [1.82, 2.24) is 9.71 Å². The van der Waals surface area contributed by atoms with Crippen molar-refractivity contribution in [2.45, 2.75) is 44.3 Å². The summed E-state index contributed by atoms with van der Waals surface area (Å²) >= 11 is 1.76. The molecule has 2 aromatic rings. The number of nitrogens with zero attached hydrogens (tertiary/aromatic N) is 1. The minimum atomic E-state index is -4.85. The van der Waals surface area contributed by atoms with Crippen molar-refractivity contribution in [3.05, 3.63) is 54.1 Å². The lowest BCUT2D eigenvalue weighted by Crippen LogP contribution is -2.27. The number of alkyl halides is 3. The number of aromatic nitrogens is 1. The van der Waals surface area contributed by atoms with Crippen LogP contribution in [-0.2, 0) is 0 Å². The molecule has 1 atom stereocenters. The average Bonchev–Trinajstić information content (AvgIpc) is 2.61. The summed E-state index contributed by atoms with van der Waals surface area (Å²) in [5, 5.41) is 0. The Kier molecular flexibility index (Phi) is 7.54. The van der Waals surface area contributed by atoms with Crippen molar-refractivity contribution in [3.8, 4) is 11.5 Å². The molecule has 0 saturated heterocycles. The van der Waals surface area contributed by atoms with E-state index in [9.17, 15) is 17.6 Å². The Labute approximate surface area is 165 Å². The minimum Gasteiger partial charge on any atom is -0.492 e. The van der Waals surface area contributed by atoms with Gasteiger partial charge in [0.25, 0.3) is 0 Å². The third kappa shape index (κ3) is 7.55. The molecule has 4 nitrogen and oxygen atoms in total. The predicted molar refractivity (Wildman–Crippen MR) is 101 cm³/mol. The molecule has 2 heterocycles. The second-order valence-electron chi connectivity index (χ2n) is 6.89. The largest absolute Gasteiger partial charge is 0.573 e. The molecular weight excluding hydrogens is 396 g/mol. The van der Waals surface area contributed by atoms with Crippen LogP contribution in [-0.4, -0.2) is 22.7 Å². The van der Waals surface area contributed by atoms with Crippen LogP contribution < -0.4 is 14.2 Å². The molecule has 0 aliphatic carbocycles. The van der Waals surface area contributed by atoms with Crippen LogP contribution in [0.2, 0.25) is 0 Å². The number of ether oxygens (including phenoxy) is 2. The highest BCUT2D eigenvalue weighted by molar-refractivity contribution is 7.98. The summed E-state index contributed by atoms with van der Waals surface area (Å²) in [5.41, 5.74) is 1.03. The van der Waals surface area contributed by atoms with E-state index in [0.29, 0.717) is 6.04 Å². The van der Waals surface area contributed by atoms with E-state index in [0.717, 1.165) is 36.6 Å². The zero-order valence-electron chi connectivity index (χ0n) is 15.7. The van der Waals surface area contributed by atoms with E-state index in [1.54, 1.807) is 11.9 Å². The average molecular weight is 418 g/mol. The SMILES string of the molecule is CC(C)(C)SNC1CCOc2cccnc21.Fc1ccccc1OC(F)(F)F. The van der Waals surface area contributed by atoms with Gasteiger partial charge in [0.1, 0.15) is 11.4 Å². The van der Waals surface area contributed by atoms with Crippen LogP contribution in [0, 0.1) is 5.82 Å². The van der Waals surface area contributed by atoms with Crippen molar-refractivity contribution < 1.29 is 27.0 Å². The number of hydrogen-bond donors (Lipinski definition) is 1. The van der Waals surface area contributed by atoms with Crippen LogP contribution in [0.25, 0.3) is 0 Å². The van der Waals surface area contributed by atoms with Gasteiger partial charge in [-0.05, 0) is 45.0 Å². The van der Waals surface area contributed by atoms with E-state index in [4.69, 9.17) is 4.74 Å². The summed E-state index contributed by atoms with van der Waals surface area (Å²) < 4.78 is 59.7. The van der Waals surface area contributed by atoms with Gasteiger partial charge in [-0.1, -0.05) is 24.1 Å². The standard InChI is InChI=1S/C12H18N2OS.C7H4F4O/c1-12(2,3)16-14-9-6-8-15-10-5-4-7-13-11(9)10;8-5-3-1-2-4-6(5)12-7(9,10)11/h4-5,7,9,14H,6,8H2,1-3H3;1-4H. The summed E-state index contributed by atoms with van der Waals surface area (Å²) in [6.07, 6.45) is -2.04. The van der Waals surface area contributed by atoms with E-state index >= 15 is 0 Å². The molecule has 0 saturated carbocycles. The van der Waals surface area contributed by atoms with Crippen molar-refractivity contribution in [1.29, 1.82) is 0 Å². The van der Waals surface area contributed by atoms with Gasteiger partial charge < -0.3 is 9.47 Å². The lowest BCUT2D eigenvalue weighted by atomic mass is 10.1. The molecule has 0 radical (unpaired) electrons. The molecule has 1 unspecified atom stereocenters. The number of rotatable bonds is 3. The molecule has 1 aromatic heterocycles. The van der Waals surface area contributed by atoms with Gasteiger partial charge in [0.05, 0.1) is 12.6 Å². The first-order chi connectivity index (χ1) is 13.1. The zero-order chi connectivity index (χ0) is 20.8. The number of para-hydroxylation sites is 1. The molecule has 9 heteroatoms. The molecule has 0 fully saturated rings. The molecule has 28 heavy (non-hydrogen) atoms. The van der Waals surface area contributed by atoms with Crippen LogP contribution in [0.15, 0.2) is 42.6 Å². The molecule has 3 rings (SSSR count). The van der Waals surface area contributed by atoms with Crippen molar-refractivity contribution in [3.63, 3.8) is 0 Å². The highest BCUT2D eigenvalue weighted by Crippen LogP contribution is 2.33. The number of fused-ring (bicyclic) bond motifs is 1. The third-order valence-electron chi connectivity index (χ3n) is 3.36. The highest BCUT2D eigenvalue weighted by Gasteiger charge is 2.32. The summed E-state index contributed by atoms with van der Waals surface area (Å²) in [6.45, 7) is 7.36. The fraction of sp³-hybridized carbons (Fsp3) is 0.421. The second kappa shape index (κ2) is 9.47. The van der Waals surface area contributed by atoms with Crippen LogP contribution in [0.4, 0.5) is 17.6 Å². The topological polar surface area (TPSA) is 43.4 Å². The van der Waals surface area contributed by atoms with Gasteiger partial charge in [-0.25, -0.2) is 4.39 Å². The van der Waals surface area contributed by atoms with Gasteiger partial charge >= 0.3 is 6.36 Å². The lowest BCUT2D eigenvalue weighted by molar-refractivity contribution is -0.275. The molecule has 1 aromatic carbocycles. The Hall–Kier alpha value is -2.00. The second-order valence-corrected chi connectivity index (χ2v) is 8.55. The third-order valence-corrected chi connectivity index (χ3v) is 4.38. The number of nitrogens with one attached hydrogen (secondary N) is 1. The fourth-order valence-electron chi connectivity index (χ4n) is 2.22. The Morgan fingerprint density at radius 2 is 1.86 bits per heavy atom. The maximum Gasteiger partial charge on any atom is 0.573 e. The normalized spacial score (nSPS) is 16.3. The number of benzene rings is 1. The van der Waals surface area contributed by atoms with Crippen molar-refractivity contribution in [2.75, 3.05) is 6.61 Å². The first-order valence-electron chi connectivity index (χ1n) is 8.57. The summed E-state index contributed by atoms with van der Waals surface area (Å²) in [7, 11) is 0. The van der Waals surface area contributed by atoms with E-state index < -0.39 is 17.9 Å². The first kappa shape index (κ1) is 22.3. The zero-order valence-corrected chi connectivity index (χ0v) is 16.5. The van der Waals surface area contributed by atoms with E-state index in [1.165, 1.54) is 12.1 Å². The van der Waals surface area contributed by atoms with Crippen LogP contribution in [0.3, 0.4) is 0 Å². The molecule has 0 spiro atoms. The molecule has 154 valence electrons. The minimum absolute atomic E-state index is 0.216.